The maximum Gasteiger partial charge on any atom is 0.306 e. The van der Waals surface area contributed by atoms with Crippen LogP contribution in [-0.2, 0) is 21.9 Å². The van der Waals surface area contributed by atoms with E-state index in [0.29, 0.717) is 25.9 Å². The van der Waals surface area contributed by atoms with Crippen LogP contribution < -0.4 is 5.32 Å². The van der Waals surface area contributed by atoms with E-state index in [9.17, 15) is 18.0 Å². The predicted octanol–water partition coefficient (Wildman–Crippen LogP) is 0.793. The molecule has 0 radical (unpaired) electrons. The number of carboxylic acid groups (broad SMARTS) is 1. The van der Waals surface area contributed by atoms with Gasteiger partial charge in [-0.1, -0.05) is 6.42 Å². The molecule has 0 aromatic carbocycles. The van der Waals surface area contributed by atoms with Crippen molar-refractivity contribution >= 4 is 21.9 Å². The Morgan fingerprint density at radius 1 is 1.20 bits per heavy atom. The van der Waals surface area contributed by atoms with Crippen molar-refractivity contribution in [3.8, 4) is 0 Å². The zero-order valence-electron chi connectivity index (χ0n) is 14.1. The average Bonchev–Trinajstić information content (AvgIpc) is 2.93. The van der Waals surface area contributed by atoms with E-state index >= 15 is 0 Å². The van der Waals surface area contributed by atoms with E-state index in [1.165, 1.54) is 21.1 Å². The number of carbonyl (C=O) groups is 2. The van der Waals surface area contributed by atoms with Gasteiger partial charge in [0.1, 0.15) is 10.6 Å². The second-order valence-electron chi connectivity index (χ2n) is 6.81. The quantitative estimate of drug-likeness (QED) is 0.798. The molecule has 1 aliphatic heterocycles. The van der Waals surface area contributed by atoms with Gasteiger partial charge in [-0.25, -0.2) is 8.42 Å². The maximum absolute atomic E-state index is 12.7. The first-order chi connectivity index (χ1) is 11.8. The van der Waals surface area contributed by atoms with Crippen LogP contribution in [0.4, 0.5) is 0 Å². The Balaban J connectivity index is 1.69. The fraction of sp³-hybridized carbons (Fsp3) is 0.625. The van der Waals surface area contributed by atoms with Gasteiger partial charge in [0, 0.05) is 32.4 Å². The van der Waals surface area contributed by atoms with Crippen LogP contribution >= 0.6 is 0 Å². The second kappa shape index (κ2) is 6.80. The molecule has 2 N–H and O–H groups in total. The minimum absolute atomic E-state index is 0.124. The van der Waals surface area contributed by atoms with Crippen molar-refractivity contribution in [3.63, 3.8) is 0 Å². The number of aliphatic carboxylic acids is 1. The van der Waals surface area contributed by atoms with E-state index in [4.69, 9.17) is 5.11 Å². The smallest absolute Gasteiger partial charge is 0.306 e. The van der Waals surface area contributed by atoms with Crippen molar-refractivity contribution in [3.05, 3.63) is 18.0 Å². The highest BCUT2D eigenvalue weighted by atomic mass is 32.2. The number of aromatic nitrogens is 1. The highest BCUT2D eigenvalue weighted by Gasteiger charge is 2.36. The number of sulfonamides is 1. The van der Waals surface area contributed by atoms with E-state index in [-0.39, 0.29) is 22.5 Å². The zero-order chi connectivity index (χ0) is 18.2. The van der Waals surface area contributed by atoms with E-state index < -0.39 is 21.9 Å². The molecule has 1 saturated heterocycles. The van der Waals surface area contributed by atoms with Gasteiger partial charge in [0.05, 0.1) is 5.92 Å². The lowest BCUT2D eigenvalue weighted by molar-refractivity contribution is -0.145. The molecule has 9 heteroatoms. The normalized spacial score (nSPS) is 24.5. The number of amides is 1. The fourth-order valence-electron chi connectivity index (χ4n) is 3.35. The molecule has 2 aliphatic rings. The molecule has 8 nitrogen and oxygen atoms in total. The second-order valence-corrected chi connectivity index (χ2v) is 8.75. The molecule has 138 valence electrons. The predicted molar refractivity (Wildman–Crippen MR) is 89.6 cm³/mol. The van der Waals surface area contributed by atoms with Crippen molar-refractivity contribution < 1.29 is 23.1 Å². The summed E-state index contributed by atoms with van der Waals surface area (Å²) < 4.78 is 28.4. The van der Waals surface area contributed by atoms with Gasteiger partial charge in [0.15, 0.2) is 0 Å². The molecule has 3 rings (SSSR count). The largest absolute Gasteiger partial charge is 0.481 e. The van der Waals surface area contributed by atoms with Crippen LogP contribution in [0.25, 0.3) is 0 Å². The van der Waals surface area contributed by atoms with E-state index in [2.05, 4.69) is 5.32 Å². The molecule has 0 bridgehead atoms. The van der Waals surface area contributed by atoms with Gasteiger partial charge in [-0.15, -0.1) is 0 Å². The minimum atomic E-state index is -3.58. The zero-order valence-corrected chi connectivity index (χ0v) is 15.0. The van der Waals surface area contributed by atoms with Crippen LogP contribution in [0.1, 0.15) is 42.6 Å². The van der Waals surface area contributed by atoms with Gasteiger partial charge in [0.2, 0.25) is 10.0 Å². The lowest BCUT2D eigenvalue weighted by Crippen LogP contribution is -2.47. The first-order valence-electron chi connectivity index (χ1n) is 8.49. The van der Waals surface area contributed by atoms with Crippen molar-refractivity contribution in [2.24, 2.45) is 13.0 Å². The third kappa shape index (κ3) is 3.57. The number of carbonyl (C=O) groups excluding carboxylic acids is 1. The Kier molecular flexibility index (Phi) is 4.88. The monoisotopic (exact) mass is 369 g/mol. The average molecular weight is 369 g/mol. The highest BCUT2D eigenvalue weighted by molar-refractivity contribution is 7.89. The summed E-state index contributed by atoms with van der Waals surface area (Å²) in [6.45, 7) is 1.02. The van der Waals surface area contributed by atoms with E-state index in [1.807, 2.05) is 0 Å². The van der Waals surface area contributed by atoms with Crippen LogP contribution in [0.2, 0.25) is 0 Å². The van der Waals surface area contributed by atoms with E-state index in [1.54, 1.807) is 7.05 Å². The third-order valence-electron chi connectivity index (χ3n) is 4.99. The van der Waals surface area contributed by atoms with Gasteiger partial charge in [-0.3, -0.25) is 9.59 Å². The summed E-state index contributed by atoms with van der Waals surface area (Å²) in [5.41, 5.74) is 0.259. The number of hydrogen-bond acceptors (Lipinski definition) is 4. The van der Waals surface area contributed by atoms with E-state index in [0.717, 1.165) is 19.3 Å². The Morgan fingerprint density at radius 3 is 2.44 bits per heavy atom. The number of nitrogens with one attached hydrogen (secondary N) is 1. The first kappa shape index (κ1) is 17.9. The molecule has 1 aromatic rings. The third-order valence-corrected chi connectivity index (χ3v) is 6.85. The summed E-state index contributed by atoms with van der Waals surface area (Å²) >= 11 is 0. The fourth-order valence-corrected chi connectivity index (χ4v) is 4.94. The molecular weight excluding hydrogens is 346 g/mol. The van der Waals surface area contributed by atoms with Crippen LogP contribution in [0, 0.1) is 5.92 Å². The molecule has 25 heavy (non-hydrogen) atoms. The van der Waals surface area contributed by atoms with Crippen LogP contribution in [0.5, 0.6) is 0 Å². The highest BCUT2D eigenvalue weighted by Crippen LogP contribution is 2.28. The van der Waals surface area contributed by atoms with Crippen LogP contribution in [0.15, 0.2) is 17.2 Å². The summed E-state index contributed by atoms with van der Waals surface area (Å²) in [4.78, 5) is 23.3. The molecular formula is C16H23N3O5S. The minimum Gasteiger partial charge on any atom is -0.481 e. The molecule has 0 atom stereocenters. The van der Waals surface area contributed by atoms with Gasteiger partial charge in [-0.05, 0) is 31.7 Å². The number of carboxylic acids is 1. The molecule has 2 heterocycles. The van der Waals surface area contributed by atoms with Crippen LogP contribution in [0.3, 0.4) is 0 Å². The number of rotatable bonds is 5. The summed E-state index contributed by atoms with van der Waals surface area (Å²) in [7, 11) is -1.95. The van der Waals surface area contributed by atoms with Gasteiger partial charge >= 0.3 is 5.97 Å². The number of nitrogens with zero attached hydrogens (tertiary/aromatic N) is 2. The van der Waals surface area contributed by atoms with Gasteiger partial charge in [-0.2, -0.15) is 4.31 Å². The Labute approximate surface area is 146 Å². The topological polar surface area (TPSA) is 109 Å². The Bertz CT molecular complexity index is 774. The standard InChI is InChI=1S/C16H23N3O5S/c1-18-10-13(25(23,24)19-5-3-2-4-6-19)9-14(18)15(20)17-12-7-11(8-12)16(21)22/h9-12H,2-8H2,1H3,(H,17,20)(H,21,22). The summed E-state index contributed by atoms with van der Waals surface area (Å²) in [5.74, 6) is -1.63. The summed E-state index contributed by atoms with van der Waals surface area (Å²) in [5, 5.41) is 11.6. The molecule has 0 spiro atoms. The molecule has 1 aromatic heterocycles. The molecule has 1 aliphatic carbocycles. The number of hydrogen-bond donors (Lipinski definition) is 2. The maximum atomic E-state index is 12.7. The molecule has 0 unspecified atom stereocenters. The number of piperidine rings is 1. The van der Waals surface area contributed by atoms with Gasteiger partial charge < -0.3 is 15.0 Å². The molecule has 2 fully saturated rings. The number of aryl methyl sites for hydroxylation is 1. The summed E-state index contributed by atoms with van der Waals surface area (Å²) in [6.07, 6.45) is 5.01. The Hall–Kier alpha value is -1.87. The van der Waals surface area contributed by atoms with Crippen molar-refractivity contribution in [1.29, 1.82) is 0 Å². The van der Waals surface area contributed by atoms with Crippen molar-refractivity contribution in [2.45, 2.75) is 43.0 Å². The lowest BCUT2D eigenvalue weighted by Gasteiger charge is -2.32. The van der Waals surface area contributed by atoms with Crippen molar-refractivity contribution in [2.75, 3.05) is 13.1 Å². The van der Waals surface area contributed by atoms with Gasteiger partial charge in [0.25, 0.3) is 5.91 Å². The molecule has 1 amide bonds. The first-order valence-corrected chi connectivity index (χ1v) is 9.93. The van der Waals surface area contributed by atoms with Crippen LogP contribution in [-0.4, -0.2) is 53.4 Å². The lowest BCUT2D eigenvalue weighted by atomic mass is 9.80. The molecule has 1 saturated carbocycles. The SMILES string of the molecule is Cn1cc(S(=O)(=O)N2CCCCC2)cc1C(=O)NC1CC(C(=O)O)C1. The summed E-state index contributed by atoms with van der Waals surface area (Å²) in [6, 6.07) is 1.22. The van der Waals surface area contributed by atoms with Crippen molar-refractivity contribution in [1.82, 2.24) is 14.2 Å². The Morgan fingerprint density at radius 2 is 1.84 bits per heavy atom.